The van der Waals surface area contributed by atoms with Gasteiger partial charge in [0.2, 0.25) is 0 Å². The summed E-state index contributed by atoms with van der Waals surface area (Å²) in [6.07, 6.45) is 2.56. The highest BCUT2D eigenvalue weighted by Crippen LogP contribution is 2.32. The van der Waals surface area contributed by atoms with E-state index in [1.807, 2.05) is 37.3 Å². The first-order valence-corrected chi connectivity index (χ1v) is 8.25. The van der Waals surface area contributed by atoms with Crippen LogP contribution < -0.4 is 10.1 Å². The molecule has 4 heteroatoms. The fraction of sp³-hybridized carbons (Fsp3) is 0.294. The van der Waals surface area contributed by atoms with Crippen molar-refractivity contribution in [2.24, 2.45) is 0 Å². The van der Waals surface area contributed by atoms with Gasteiger partial charge in [-0.3, -0.25) is 0 Å². The molecular formula is C17H17BrClNO. The lowest BCUT2D eigenvalue weighted by molar-refractivity contribution is 0.468. The lowest BCUT2D eigenvalue weighted by Crippen LogP contribution is -2.15. The van der Waals surface area contributed by atoms with Crippen molar-refractivity contribution in [2.45, 2.75) is 32.4 Å². The lowest BCUT2D eigenvalue weighted by Gasteiger charge is -2.14. The molecule has 0 spiro atoms. The van der Waals surface area contributed by atoms with E-state index in [-0.39, 0.29) is 0 Å². The second-order valence-corrected chi connectivity index (χ2v) is 6.77. The van der Waals surface area contributed by atoms with Crippen LogP contribution in [0.3, 0.4) is 0 Å². The van der Waals surface area contributed by atoms with Gasteiger partial charge in [-0.05, 0) is 49.6 Å². The lowest BCUT2D eigenvalue weighted by atomic mass is 10.2. The number of hydrogen-bond donors (Lipinski definition) is 1. The van der Waals surface area contributed by atoms with E-state index >= 15 is 0 Å². The van der Waals surface area contributed by atoms with Gasteiger partial charge in [-0.1, -0.05) is 39.7 Å². The molecule has 1 N–H and O–H groups in total. The Labute approximate surface area is 138 Å². The monoisotopic (exact) mass is 365 g/mol. The van der Waals surface area contributed by atoms with Crippen LogP contribution >= 0.6 is 27.5 Å². The molecule has 1 aliphatic rings. The van der Waals surface area contributed by atoms with Crippen molar-refractivity contribution < 1.29 is 4.74 Å². The average molecular weight is 367 g/mol. The van der Waals surface area contributed by atoms with Crippen molar-refractivity contribution in [2.75, 3.05) is 0 Å². The van der Waals surface area contributed by atoms with Gasteiger partial charge in [0.1, 0.15) is 11.5 Å². The Hall–Kier alpha value is -1.03. The zero-order valence-corrected chi connectivity index (χ0v) is 14.2. The Bertz CT molecular complexity index is 655. The van der Waals surface area contributed by atoms with E-state index in [2.05, 4.69) is 27.3 Å². The van der Waals surface area contributed by atoms with E-state index in [9.17, 15) is 0 Å². The summed E-state index contributed by atoms with van der Waals surface area (Å²) in [5.41, 5.74) is 2.23. The summed E-state index contributed by atoms with van der Waals surface area (Å²) < 4.78 is 7.11. The van der Waals surface area contributed by atoms with Crippen LogP contribution in [-0.4, -0.2) is 6.04 Å². The van der Waals surface area contributed by atoms with E-state index in [1.165, 1.54) is 12.8 Å². The van der Waals surface area contributed by atoms with Crippen molar-refractivity contribution in [3.63, 3.8) is 0 Å². The third kappa shape index (κ3) is 4.00. The molecule has 0 unspecified atom stereocenters. The summed E-state index contributed by atoms with van der Waals surface area (Å²) in [7, 11) is 0. The van der Waals surface area contributed by atoms with Crippen LogP contribution in [0.5, 0.6) is 11.5 Å². The molecule has 110 valence electrons. The minimum atomic E-state index is 0.675. The highest BCUT2D eigenvalue weighted by atomic mass is 79.9. The maximum atomic E-state index is 6.10. The molecule has 21 heavy (non-hydrogen) atoms. The van der Waals surface area contributed by atoms with Crippen LogP contribution in [-0.2, 0) is 6.54 Å². The standard InChI is InChI=1S/C17H17BrClNO/c1-11-2-5-14(19)9-16(11)21-17-8-13(18)4-3-12(17)10-20-15-6-7-15/h2-5,8-9,15,20H,6-7,10H2,1H3. The largest absolute Gasteiger partial charge is 0.457 e. The molecule has 0 bridgehead atoms. The molecule has 1 aliphatic carbocycles. The Kier molecular flexibility index (Phi) is 4.53. The second kappa shape index (κ2) is 6.39. The first-order chi connectivity index (χ1) is 10.1. The Balaban J connectivity index is 1.85. The molecule has 1 fully saturated rings. The number of rotatable bonds is 5. The van der Waals surface area contributed by atoms with Gasteiger partial charge in [0.15, 0.2) is 0 Å². The first kappa shape index (κ1) is 14.9. The van der Waals surface area contributed by atoms with Crippen LogP contribution in [0.4, 0.5) is 0 Å². The molecular weight excluding hydrogens is 350 g/mol. The van der Waals surface area contributed by atoms with E-state index < -0.39 is 0 Å². The smallest absolute Gasteiger partial charge is 0.133 e. The summed E-state index contributed by atoms with van der Waals surface area (Å²) in [5, 5.41) is 4.21. The summed E-state index contributed by atoms with van der Waals surface area (Å²) in [6.45, 7) is 2.85. The van der Waals surface area contributed by atoms with Gasteiger partial charge in [0.05, 0.1) is 0 Å². The van der Waals surface area contributed by atoms with Crippen LogP contribution in [0, 0.1) is 6.92 Å². The fourth-order valence-corrected chi connectivity index (χ4v) is 2.62. The minimum Gasteiger partial charge on any atom is -0.457 e. The molecule has 2 nitrogen and oxygen atoms in total. The van der Waals surface area contributed by atoms with Gasteiger partial charge < -0.3 is 10.1 Å². The van der Waals surface area contributed by atoms with Crippen molar-refractivity contribution >= 4 is 27.5 Å². The fourth-order valence-electron chi connectivity index (χ4n) is 2.11. The third-order valence-corrected chi connectivity index (χ3v) is 4.29. The normalized spacial score (nSPS) is 14.2. The van der Waals surface area contributed by atoms with Crippen LogP contribution in [0.1, 0.15) is 24.0 Å². The third-order valence-electron chi connectivity index (χ3n) is 3.56. The van der Waals surface area contributed by atoms with Gasteiger partial charge in [0.25, 0.3) is 0 Å². The summed E-state index contributed by atoms with van der Waals surface area (Å²) in [4.78, 5) is 0. The maximum Gasteiger partial charge on any atom is 0.133 e. The Morgan fingerprint density at radius 1 is 1.19 bits per heavy atom. The van der Waals surface area contributed by atoms with Crippen molar-refractivity contribution in [3.05, 3.63) is 57.0 Å². The minimum absolute atomic E-state index is 0.675. The van der Waals surface area contributed by atoms with Gasteiger partial charge in [-0.25, -0.2) is 0 Å². The highest BCUT2D eigenvalue weighted by molar-refractivity contribution is 9.10. The number of hydrogen-bond acceptors (Lipinski definition) is 2. The molecule has 2 aromatic carbocycles. The number of ether oxygens (including phenoxy) is 1. The van der Waals surface area contributed by atoms with Crippen molar-refractivity contribution in [3.8, 4) is 11.5 Å². The molecule has 1 saturated carbocycles. The average Bonchev–Trinajstić information content (AvgIpc) is 3.26. The highest BCUT2D eigenvalue weighted by Gasteiger charge is 2.20. The molecule has 0 radical (unpaired) electrons. The molecule has 0 aliphatic heterocycles. The van der Waals surface area contributed by atoms with Crippen molar-refractivity contribution in [1.82, 2.24) is 5.32 Å². The van der Waals surface area contributed by atoms with E-state index in [1.54, 1.807) is 0 Å². The topological polar surface area (TPSA) is 21.3 Å². The maximum absolute atomic E-state index is 6.10. The van der Waals surface area contributed by atoms with Gasteiger partial charge in [-0.15, -0.1) is 0 Å². The molecule has 2 aromatic rings. The first-order valence-electron chi connectivity index (χ1n) is 7.07. The van der Waals surface area contributed by atoms with Crippen molar-refractivity contribution in [1.29, 1.82) is 0 Å². The van der Waals surface area contributed by atoms with Crippen LogP contribution in [0.2, 0.25) is 5.02 Å². The SMILES string of the molecule is Cc1ccc(Cl)cc1Oc1cc(Br)ccc1CNC1CC1. The van der Waals surface area contributed by atoms with Crippen LogP contribution in [0.25, 0.3) is 0 Å². The molecule has 0 atom stereocenters. The number of benzene rings is 2. The molecule has 3 rings (SSSR count). The molecule has 0 saturated heterocycles. The van der Waals surface area contributed by atoms with Gasteiger partial charge >= 0.3 is 0 Å². The molecule has 0 aromatic heterocycles. The van der Waals surface area contributed by atoms with E-state index in [4.69, 9.17) is 16.3 Å². The Morgan fingerprint density at radius 3 is 2.76 bits per heavy atom. The predicted molar refractivity (Wildman–Crippen MR) is 90.3 cm³/mol. The van der Waals surface area contributed by atoms with Gasteiger partial charge in [-0.2, -0.15) is 0 Å². The zero-order valence-electron chi connectivity index (χ0n) is 11.8. The van der Waals surface area contributed by atoms with Gasteiger partial charge in [0, 0.05) is 27.6 Å². The molecule has 0 amide bonds. The number of halogens is 2. The van der Waals surface area contributed by atoms with Crippen LogP contribution in [0.15, 0.2) is 40.9 Å². The predicted octanol–water partition coefficient (Wildman–Crippen LogP) is 5.46. The Morgan fingerprint density at radius 2 is 2.00 bits per heavy atom. The second-order valence-electron chi connectivity index (χ2n) is 5.42. The summed E-state index contributed by atoms with van der Waals surface area (Å²) >= 11 is 9.57. The van der Waals surface area contributed by atoms with E-state index in [0.29, 0.717) is 11.1 Å². The zero-order chi connectivity index (χ0) is 14.8. The number of nitrogens with one attached hydrogen (secondary N) is 1. The molecule has 0 heterocycles. The van der Waals surface area contributed by atoms with E-state index in [0.717, 1.165) is 33.6 Å². The summed E-state index contributed by atoms with van der Waals surface area (Å²) in [6, 6.07) is 12.5. The number of aryl methyl sites for hydroxylation is 1. The quantitative estimate of drug-likeness (QED) is 0.759. The summed E-state index contributed by atoms with van der Waals surface area (Å²) in [5.74, 6) is 1.66.